The number of benzene rings is 2. The minimum Gasteiger partial charge on any atom is -0.457 e. The van der Waals surface area contributed by atoms with Crippen molar-refractivity contribution in [1.82, 2.24) is 0 Å². The maximum absolute atomic E-state index is 13.4. The van der Waals surface area contributed by atoms with Crippen LogP contribution in [-0.2, 0) is 17.8 Å². The Bertz CT molecular complexity index is 655. The first-order chi connectivity index (χ1) is 9.74. The number of halogens is 1. The maximum atomic E-state index is 13.4. The van der Waals surface area contributed by atoms with Crippen molar-refractivity contribution >= 4 is 11.7 Å². The van der Waals surface area contributed by atoms with Gasteiger partial charge in [-0.15, -0.1) is 0 Å². The lowest BCUT2D eigenvalue weighted by atomic mass is 10.1. The van der Waals surface area contributed by atoms with E-state index in [2.05, 4.69) is 5.32 Å². The second-order valence-corrected chi connectivity index (χ2v) is 4.72. The molecule has 20 heavy (non-hydrogen) atoms. The molecule has 1 N–H and O–H groups in total. The van der Waals surface area contributed by atoms with Gasteiger partial charge in [0, 0.05) is 17.8 Å². The van der Waals surface area contributed by atoms with Gasteiger partial charge in [-0.2, -0.15) is 0 Å². The summed E-state index contributed by atoms with van der Waals surface area (Å²) in [6.45, 7) is 0.837. The summed E-state index contributed by atoms with van der Waals surface area (Å²) in [4.78, 5) is 12.0. The monoisotopic (exact) mass is 271 g/mol. The van der Waals surface area contributed by atoms with Gasteiger partial charge >= 0.3 is 5.97 Å². The van der Waals surface area contributed by atoms with Crippen LogP contribution in [0, 0.1) is 5.82 Å². The van der Waals surface area contributed by atoms with Crippen LogP contribution in [-0.4, -0.2) is 12.5 Å². The van der Waals surface area contributed by atoms with E-state index in [1.807, 2.05) is 12.1 Å². The molecule has 0 saturated heterocycles. The highest BCUT2D eigenvalue weighted by Gasteiger charge is 2.14. The lowest BCUT2D eigenvalue weighted by Gasteiger charge is -2.07. The Morgan fingerprint density at radius 3 is 2.95 bits per heavy atom. The van der Waals surface area contributed by atoms with E-state index in [0.29, 0.717) is 11.1 Å². The highest BCUT2D eigenvalue weighted by molar-refractivity contribution is 5.90. The Balaban J connectivity index is 1.69. The van der Waals surface area contributed by atoms with Gasteiger partial charge in [0.25, 0.3) is 0 Å². The van der Waals surface area contributed by atoms with Gasteiger partial charge in [0.05, 0.1) is 5.56 Å². The molecule has 0 saturated carbocycles. The average Bonchev–Trinajstić information content (AvgIpc) is 2.93. The first kappa shape index (κ1) is 12.7. The fraction of sp³-hybridized carbons (Fsp3) is 0.188. The summed E-state index contributed by atoms with van der Waals surface area (Å²) < 4.78 is 18.6. The van der Waals surface area contributed by atoms with Gasteiger partial charge < -0.3 is 10.1 Å². The van der Waals surface area contributed by atoms with Crippen molar-refractivity contribution < 1.29 is 13.9 Å². The fourth-order valence-corrected chi connectivity index (χ4v) is 2.27. The summed E-state index contributed by atoms with van der Waals surface area (Å²) in [6, 6.07) is 11.7. The number of esters is 1. The Hall–Kier alpha value is -2.36. The lowest BCUT2D eigenvalue weighted by Crippen LogP contribution is -2.06. The van der Waals surface area contributed by atoms with E-state index in [1.165, 1.54) is 6.07 Å². The zero-order chi connectivity index (χ0) is 13.9. The topological polar surface area (TPSA) is 38.3 Å². The lowest BCUT2D eigenvalue weighted by molar-refractivity contribution is 0.0469. The van der Waals surface area contributed by atoms with Crippen LogP contribution in [0.1, 0.15) is 21.5 Å². The molecule has 2 aromatic rings. The van der Waals surface area contributed by atoms with Crippen molar-refractivity contribution in [2.45, 2.75) is 13.0 Å². The molecule has 3 rings (SSSR count). The zero-order valence-corrected chi connectivity index (χ0v) is 10.9. The molecule has 0 unspecified atom stereocenters. The molecular formula is C16H14FNO2. The second-order valence-electron chi connectivity index (χ2n) is 4.72. The van der Waals surface area contributed by atoms with Crippen molar-refractivity contribution in [2.24, 2.45) is 0 Å². The normalized spacial score (nSPS) is 12.7. The molecule has 0 spiro atoms. The summed E-state index contributed by atoms with van der Waals surface area (Å²) in [5.41, 5.74) is 3.06. The fourth-order valence-electron chi connectivity index (χ4n) is 2.27. The van der Waals surface area contributed by atoms with Crippen LogP contribution in [0.15, 0.2) is 42.5 Å². The van der Waals surface area contributed by atoms with E-state index in [4.69, 9.17) is 4.74 Å². The summed E-state index contributed by atoms with van der Waals surface area (Å²) in [7, 11) is 0. The Kier molecular flexibility index (Phi) is 3.37. The number of hydrogen-bond acceptors (Lipinski definition) is 3. The van der Waals surface area contributed by atoms with Gasteiger partial charge in [0.2, 0.25) is 0 Å². The Morgan fingerprint density at radius 1 is 1.25 bits per heavy atom. The number of anilines is 1. The van der Waals surface area contributed by atoms with Crippen molar-refractivity contribution in [1.29, 1.82) is 0 Å². The minimum atomic E-state index is -0.428. The van der Waals surface area contributed by atoms with Crippen molar-refractivity contribution in [2.75, 3.05) is 11.9 Å². The van der Waals surface area contributed by atoms with E-state index in [1.54, 1.807) is 24.3 Å². The largest absolute Gasteiger partial charge is 0.457 e. The summed E-state index contributed by atoms with van der Waals surface area (Å²) in [5, 5.41) is 3.23. The standard InChI is InChI=1S/C16H14FNO2/c17-14-4-2-1-3-13(14)10-20-16(19)12-5-6-15-11(9-12)7-8-18-15/h1-6,9,18H,7-8,10H2. The number of nitrogens with one attached hydrogen (secondary N) is 1. The molecule has 0 fully saturated rings. The van der Waals surface area contributed by atoms with E-state index >= 15 is 0 Å². The third-order valence-corrected chi connectivity index (χ3v) is 3.37. The molecule has 4 heteroatoms. The van der Waals surface area contributed by atoms with Crippen molar-refractivity contribution in [3.63, 3.8) is 0 Å². The number of rotatable bonds is 3. The van der Waals surface area contributed by atoms with Crippen molar-refractivity contribution in [3.8, 4) is 0 Å². The van der Waals surface area contributed by atoms with Crippen LogP contribution in [0.3, 0.4) is 0 Å². The van der Waals surface area contributed by atoms with Gasteiger partial charge in [-0.25, -0.2) is 9.18 Å². The van der Waals surface area contributed by atoms with Gasteiger partial charge in [-0.05, 0) is 36.2 Å². The minimum absolute atomic E-state index is 0.0547. The van der Waals surface area contributed by atoms with Gasteiger partial charge in [0.1, 0.15) is 12.4 Å². The Labute approximate surface area is 116 Å². The van der Waals surface area contributed by atoms with Crippen LogP contribution < -0.4 is 5.32 Å². The molecule has 0 atom stereocenters. The highest BCUT2D eigenvalue weighted by atomic mass is 19.1. The van der Waals surface area contributed by atoms with Gasteiger partial charge in [0.15, 0.2) is 0 Å². The smallest absolute Gasteiger partial charge is 0.338 e. The molecule has 102 valence electrons. The first-order valence-corrected chi connectivity index (χ1v) is 6.51. The van der Waals surface area contributed by atoms with Crippen LogP contribution in [0.5, 0.6) is 0 Å². The molecule has 1 heterocycles. The molecule has 0 aliphatic carbocycles. The maximum Gasteiger partial charge on any atom is 0.338 e. The summed E-state index contributed by atoms with van der Waals surface area (Å²) >= 11 is 0. The average molecular weight is 271 g/mol. The van der Waals surface area contributed by atoms with E-state index in [-0.39, 0.29) is 12.4 Å². The highest BCUT2D eigenvalue weighted by Crippen LogP contribution is 2.23. The number of fused-ring (bicyclic) bond motifs is 1. The first-order valence-electron chi connectivity index (χ1n) is 6.51. The van der Waals surface area contributed by atoms with Gasteiger partial charge in [-0.3, -0.25) is 0 Å². The Morgan fingerprint density at radius 2 is 2.10 bits per heavy atom. The second kappa shape index (κ2) is 5.33. The number of ether oxygens (including phenoxy) is 1. The molecule has 1 aliphatic heterocycles. The summed E-state index contributed by atoms with van der Waals surface area (Å²) in [5.74, 6) is -0.790. The van der Waals surface area contributed by atoms with Crippen LogP contribution >= 0.6 is 0 Å². The molecule has 0 radical (unpaired) electrons. The van der Waals surface area contributed by atoms with Crippen molar-refractivity contribution in [3.05, 3.63) is 65.0 Å². The SMILES string of the molecule is O=C(OCc1ccccc1F)c1ccc2c(c1)CCN2. The quantitative estimate of drug-likeness (QED) is 0.871. The van der Waals surface area contributed by atoms with Gasteiger partial charge in [-0.1, -0.05) is 18.2 Å². The predicted molar refractivity (Wildman–Crippen MR) is 74.2 cm³/mol. The number of carbonyl (C=O) groups excluding carboxylic acids is 1. The van der Waals surface area contributed by atoms with E-state index < -0.39 is 5.97 Å². The molecule has 0 aromatic heterocycles. The van der Waals surface area contributed by atoms with E-state index in [0.717, 1.165) is 24.2 Å². The third kappa shape index (κ3) is 2.50. The van der Waals surface area contributed by atoms with Crippen LogP contribution in [0.4, 0.5) is 10.1 Å². The third-order valence-electron chi connectivity index (χ3n) is 3.37. The number of hydrogen-bond donors (Lipinski definition) is 1. The molecular weight excluding hydrogens is 257 g/mol. The van der Waals surface area contributed by atoms with Crippen LogP contribution in [0.25, 0.3) is 0 Å². The number of carbonyl (C=O) groups is 1. The summed E-state index contributed by atoms with van der Waals surface area (Å²) in [6.07, 6.45) is 0.907. The zero-order valence-electron chi connectivity index (χ0n) is 10.9. The molecule has 2 aromatic carbocycles. The molecule has 0 amide bonds. The molecule has 3 nitrogen and oxygen atoms in total. The van der Waals surface area contributed by atoms with Crippen LogP contribution in [0.2, 0.25) is 0 Å². The van der Waals surface area contributed by atoms with E-state index in [9.17, 15) is 9.18 Å². The molecule has 1 aliphatic rings. The molecule has 0 bridgehead atoms. The predicted octanol–water partition coefficient (Wildman–Crippen LogP) is 3.15.